The van der Waals surface area contributed by atoms with Crippen LogP contribution in [-0.4, -0.2) is 41.5 Å². The summed E-state index contributed by atoms with van der Waals surface area (Å²) in [4.78, 5) is 28.0. The summed E-state index contributed by atoms with van der Waals surface area (Å²) in [7, 11) is 1.35. The Morgan fingerprint density at radius 2 is 1.69 bits per heavy atom. The molecule has 0 spiro atoms. The molecule has 2 bridgehead atoms. The summed E-state index contributed by atoms with van der Waals surface area (Å²) in [6, 6.07) is 16.0. The van der Waals surface area contributed by atoms with Crippen molar-refractivity contribution in [2.75, 3.05) is 7.11 Å². The molecule has 152 valence electrons. The van der Waals surface area contributed by atoms with E-state index >= 15 is 0 Å². The van der Waals surface area contributed by atoms with Crippen molar-refractivity contribution in [3.8, 4) is 0 Å². The summed E-state index contributed by atoms with van der Waals surface area (Å²) in [6.45, 7) is 0.833. The van der Waals surface area contributed by atoms with Crippen LogP contribution in [0.2, 0.25) is 0 Å². The summed E-state index contributed by atoms with van der Waals surface area (Å²) in [5.41, 5.74) is 0.512. The predicted octanol–water partition coefficient (Wildman–Crippen LogP) is 3.29. The molecular formula is C23H25FN2O3. The van der Waals surface area contributed by atoms with E-state index in [1.807, 2.05) is 18.2 Å². The molecule has 0 aromatic heterocycles. The van der Waals surface area contributed by atoms with Gasteiger partial charge in [-0.2, -0.15) is 0 Å². The lowest BCUT2D eigenvalue weighted by atomic mass is 9.82. The van der Waals surface area contributed by atoms with Gasteiger partial charge in [-0.25, -0.2) is 9.18 Å². The fourth-order valence-electron chi connectivity index (χ4n) is 4.80. The maximum Gasteiger partial charge on any atom is 0.331 e. The molecule has 1 unspecified atom stereocenters. The highest BCUT2D eigenvalue weighted by atomic mass is 19.1. The molecule has 3 atom stereocenters. The third kappa shape index (κ3) is 3.90. The maximum atomic E-state index is 13.2. The molecular weight excluding hydrogens is 371 g/mol. The third-order valence-corrected chi connectivity index (χ3v) is 6.18. The lowest BCUT2D eigenvalue weighted by Gasteiger charge is -2.45. The van der Waals surface area contributed by atoms with E-state index in [1.54, 1.807) is 0 Å². The smallest absolute Gasteiger partial charge is 0.331 e. The Kier molecular flexibility index (Phi) is 5.37. The molecule has 2 aromatic carbocycles. The van der Waals surface area contributed by atoms with E-state index in [0.29, 0.717) is 18.4 Å². The number of amides is 1. The van der Waals surface area contributed by atoms with Gasteiger partial charge in [-0.3, -0.25) is 9.69 Å². The molecule has 2 saturated heterocycles. The molecule has 1 amide bonds. The van der Waals surface area contributed by atoms with Crippen LogP contribution in [0.1, 0.15) is 41.6 Å². The number of piperidine rings is 1. The van der Waals surface area contributed by atoms with E-state index in [1.165, 1.54) is 36.9 Å². The van der Waals surface area contributed by atoms with Crippen molar-refractivity contribution in [2.45, 2.75) is 49.9 Å². The second-order valence-corrected chi connectivity index (χ2v) is 7.99. The standard InChI is InChI=1S/C23H25FN2O3/c1-29-22(28)23(25-21(27)17-7-9-18(24)10-8-17)13-19-11-12-20(14-23)26(19)15-16-5-3-2-4-6-16/h2-10,19-20H,11-15H2,1H3,(H,25,27)/t19-,20+,23?. The molecule has 0 saturated carbocycles. The number of fused-ring (bicyclic) bond motifs is 2. The highest BCUT2D eigenvalue weighted by molar-refractivity contribution is 5.98. The molecule has 0 radical (unpaired) electrons. The summed E-state index contributed by atoms with van der Waals surface area (Å²) < 4.78 is 18.3. The zero-order chi connectivity index (χ0) is 20.4. The number of esters is 1. The number of nitrogens with zero attached hydrogens (tertiary/aromatic N) is 1. The first-order valence-corrected chi connectivity index (χ1v) is 9.97. The maximum absolute atomic E-state index is 13.2. The van der Waals surface area contributed by atoms with Gasteiger partial charge < -0.3 is 10.1 Å². The van der Waals surface area contributed by atoms with Crippen LogP contribution in [-0.2, 0) is 16.1 Å². The zero-order valence-electron chi connectivity index (χ0n) is 16.4. The lowest BCUT2D eigenvalue weighted by Crippen LogP contribution is -2.63. The Labute approximate surface area is 169 Å². The quantitative estimate of drug-likeness (QED) is 0.788. The highest BCUT2D eigenvalue weighted by Gasteiger charge is 2.53. The summed E-state index contributed by atoms with van der Waals surface area (Å²) in [5.74, 6) is -1.20. The van der Waals surface area contributed by atoms with Crippen LogP contribution in [0.3, 0.4) is 0 Å². The Morgan fingerprint density at radius 3 is 2.28 bits per heavy atom. The zero-order valence-corrected chi connectivity index (χ0v) is 16.4. The molecule has 5 nitrogen and oxygen atoms in total. The summed E-state index contributed by atoms with van der Waals surface area (Å²) in [5, 5.41) is 2.94. The average molecular weight is 396 g/mol. The molecule has 1 N–H and O–H groups in total. The van der Waals surface area contributed by atoms with Crippen molar-refractivity contribution in [1.82, 2.24) is 10.2 Å². The molecule has 29 heavy (non-hydrogen) atoms. The minimum Gasteiger partial charge on any atom is -0.467 e. The van der Waals surface area contributed by atoms with E-state index in [4.69, 9.17) is 4.74 Å². The van der Waals surface area contributed by atoms with Crippen LogP contribution in [0.4, 0.5) is 4.39 Å². The van der Waals surface area contributed by atoms with E-state index in [2.05, 4.69) is 22.3 Å². The van der Waals surface area contributed by atoms with E-state index in [0.717, 1.165) is 19.4 Å². The Morgan fingerprint density at radius 1 is 1.07 bits per heavy atom. The van der Waals surface area contributed by atoms with Crippen molar-refractivity contribution in [2.24, 2.45) is 0 Å². The van der Waals surface area contributed by atoms with Crippen LogP contribution >= 0.6 is 0 Å². The normalized spacial score (nSPS) is 26.1. The molecule has 0 aliphatic carbocycles. The predicted molar refractivity (Wildman–Crippen MR) is 107 cm³/mol. The van der Waals surface area contributed by atoms with Gasteiger partial charge in [0, 0.05) is 24.2 Å². The summed E-state index contributed by atoms with van der Waals surface area (Å²) in [6.07, 6.45) is 3.00. The van der Waals surface area contributed by atoms with Gasteiger partial charge in [0.15, 0.2) is 0 Å². The largest absolute Gasteiger partial charge is 0.467 e. The fraction of sp³-hybridized carbons (Fsp3) is 0.391. The number of benzene rings is 2. The van der Waals surface area contributed by atoms with Gasteiger partial charge in [0.05, 0.1) is 7.11 Å². The molecule has 2 aliphatic heterocycles. The average Bonchev–Trinajstić information content (AvgIpc) is 2.97. The van der Waals surface area contributed by atoms with Crippen molar-refractivity contribution in [3.63, 3.8) is 0 Å². The van der Waals surface area contributed by atoms with Gasteiger partial charge in [-0.15, -0.1) is 0 Å². The first kappa shape index (κ1) is 19.6. The van der Waals surface area contributed by atoms with Gasteiger partial charge in [-0.05, 0) is 55.5 Å². The minimum absolute atomic E-state index is 0.196. The minimum atomic E-state index is -1.06. The Hall–Kier alpha value is -2.73. The van der Waals surface area contributed by atoms with Gasteiger partial charge in [0.1, 0.15) is 11.4 Å². The van der Waals surface area contributed by atoms with Gasteiger partial charge in [0.2, 0.25) is 0 Å². The van der Waals surface area contributed by atoms with Crippen molar-refractivity contribution >= 4 is 11.9 Å². The number of hydrogen-bond acceptors (Lipinski definition) is 4. The number of ether oxygens (including phenoxy) is 1. The molecule has 4 rings (SSSR count). The molecule has 2 aromatic rings. The number of halogens is 1. The van der Waals surface area contributed by atoms with E-state index in [-0.39, 0.29) is 18.0 Å². The number of rotatable bonds is 5. The first-order valence-electron chi connectivity index (χ1n) is 9.97. The monoisotopic (exact) mass is 396 g/mol. The van der Waals surface area contributed by atoms with Crippen LogP contribution in [0.5, 0.6) is 0 Å². The number of carbonyl (C=O) groups excluding carboxylic acids is 2. The van der Waals surface area contributed by atoms with Crippen LogP contribution in [0.15, 0.2) is 54.6 Å². The second-order valence-electron chi connectivity index (χ2n) is 7.99. The second kappa shape index (κ2) is 7.95. The number of carbonyl (C=O) groups is 2. The van der Waals surface area contributed by atoms with E-state index in [9.17, 15) is 14.0 Å². The first-order chi connectivity index (χ1) is 14.0. The fourth-order valence-corrected chi connectivity index (χ4v) is 4.80. The molecule has 2 aliphatic rings. The Balaban J connectivity index is 1.54. The van der Waals surface area contributed by atoms with Crippen LogP contribution in [0.25, 0.3) is 0 Å². The molecule has 2 fully saturated rings. The summed E-state index contributed by atoms with van der Waals surface area (Å²) >= 11 is 0. The lowest BCUT2D eigenvalue weighted by molar-refractivity contribution is -0.152. The van der Waals surface area contributed by atoms with Crippen molar-refractivity contribution in [1.29, 1.82) is 0 Å². The van der Waals surface area contributed by atoms with E-state index < -0.39 is 17.3 Å². The number of methoxy groups -OCH3 is 1. The van der Waals surface area contributed by atoms with Crippen molar-refractivity contribution < 1.29 is 18.7 Å². The van der Waals surface area contributed by atoms with Gasteiger partial charge in [0.25, 0.3) is 5.91 Å². The molecule has 6 heteroatoms. The SMILES string of the molecule is COC(=O)C1(NC(=O)c2ccc(F)cc2)C[C@H]2CC[C@@H](C1)N2Cc1ccccc1. The van der Waals surface area contributed by atoms with Crippen molar-refractivity contribution in [3.05, 3.63) is 71.5 Å². The Bertz CT molecular complexity index is 871. The number of nitrogens with one attached hydrogen (secondary N) is 1. The third-order valence-electron chi connectivity index (χ3n) is 6.18. The topological polar surface area (TPSA) is 58.6 Å². The van der Waals surface area contributed by atoms with Crippen LogP contribution < -0.4 is 5.32 Å². The van der Waals surface area contributed by atoms with Crippen LogP contribution in [0, 0.1) is 5.82 Å². The highest BCUT2D eigenvalue weighted by Crippen LogP contribution is 2.42. The van der Waals surface area contributed by atoms with Gasteiger partial charge >= 0.3 is 5.97 Å². The molecule has 2 heterocycles. The number of hydrogen-bond donors (Lipinski definition) is 1. The van der Waals surface area contributed by atoms with Gasteiger partial charge in [-0.1, -0.05) is 30.3 Å².